The minimum atomic E-state index is -0.313. The van der Waals surface area contributed by atoms with E-state index in [4.69, 9.17) is 23.2 Å². The van der Waals surface area contributed by atoms with Gasteiger partial charge in [0, 0.05) is 11.6 Å². The Bertz CT molecular complexity index is 780. The summed E-state index contributed by atoms with van der Waals surface area (Å²) in [6.07, 6.45) is 1.33. The molecule has 0 radical (unpaired) electrons. The Kier molecular flexibility index (Phi) is 5.61. The van der Waals surface area contributed by atoms with Crippen molar-refractivity contribution < 1.29 is 9.59 Å². The number of rotatable bonds is 6. The molecule has 0 saturated heterocycles. The predicted octanol–water partition coefficient (Wildman–Crippen LogP) is 3.93. The molecule has 2 N–H and O–H groups in total. The van der Waals surface area contributed by atoms with Crippen LogP contribution in [0.4, 0.5) is 5.69 Å². The molecule has 2 amide bonds. The van der Waals surface area contributed by atoms with Gasteiger partial charge < -0.3 is 10.6 Å². The van der Waals surface area contributed by atoms with E-state index in [1.54, 1.807) is 18.2 Å². The fourth-order valence-corrected chi connectivity index (χ4v) is 3.04. The summed E-state index contributed by atoms with van der Waals surface area (Å²) in [7, 11) is 0. The average molecular weight is 377 g/mol. The summed E-state index contributed by atoms with van der Waals surface area (Å²) in [4.78, 5) is 24.4. The Morgan fingerprint density at radius 2 is 1.72 bits per heavy atom. The van der Waals surface area contributed by atoms with Crippen LogP contribution in [0.3, 0.4) is 0 Å². The quantitative estimate of drug-likeness (QED) is 0.802. The van der Waals surface area contributed by atoms with E-state index in [9.17, 15) is 9.59 Å². The molecule has 3 rings (SSSR count). The molecule has 2 unspecified atom stereocenters. The molecule has 0 spiro atoms. The first-order valence-electron chi connectivity index (χ1n) is 8.12. The molecular formula is C19H18Cl2N2O2. The van der Waals surface area contributed by atoms with Crippen molar-refractivity contribution in [3.8, 4) is 0 Å². The van der Waals surface area contributed by atoms with Crippen LogP contribution < -0.4 is 10.6 Å². The SMILES string of the molecule is O=C(NCCc1ccccc1)C1CC1C(=O)Nc1cc(Cl)ccc1Cl. The summed E-state index contributed by atoms with van der Waals surface area (Å²) in [5.41, 5.74) is 1.64. The number of hydrogen-bond acceptors (Lipinski definition) is 2. The van der Waals surface area contributed by atoms with Gasteiger partial charge in [-0.1, -0.05) is 53.5 Å². The topological polar surface area (TPSA) is 58.2 Å². The predicted molar refractivity (Wildman–Crippen MR) is 99.8 cm³/mol. The van der Waals surface area contributed by atoms with Crippen LogP contribution in [0.15, 0.2) is 48.5 Å². The third-order valence-electron chi connectivity index (χ3n) is 4.21. The minimum absolute atomic E-state index is 0.0757. The molecule has 0 heterocycles. The third-order valence-corrected chi connectivity index (χ3v) is 4.77. The molecule has 1 aliphatic rings. The van der Waals surface area contributed by atoms with Gasteiger partial charge in [-0.3, -0.25) is 9.59 Å². The summed E-state index contributed by atoms with van der Waals surface area (Å²) >= 11 is 11.9. The highest BCUT2D eigenvalue weighted by Crippen LogP contribution is 2.40. The molecular weight excluding hydrogens is 359 g/mol. The number of anilines is 1. The molecule has 1 fully saturated rings. The first-order valence-corrected chi connectivity index (χ1v) is 8.88. The Morgan fingerprint density at radius 1 is 1.00 bits per heavy atom. The lowest BCUT2D eigenvalue weighted by Crippen LogP contribution is -2.29. The molecule has 25 heavy (non-hydrogen) atoms. The molecule has 1 saturated carbocycles. The van der Waals surface area contributed by atoms with Gasteiger partial charge in [0.05, 0.1) is 22.5 Å². The average Bonchev–Trinajstić information content (AvgIpc) is 3.40. The van der Waals surface area contributed by atoms with E-state index < -0.39 is 0 Å². The van der Waals surface area contributed by atoms with Gasteiger partial charge in [0.15, 0.2) is 0 Å². The number of benzene rings is 2. The monoisotopic (exact) mass is 376 g/mol. The highest BCUT2D eigenvalue weighted by Gasteiger charge is 2.47. The van der Waals surface area contributed by atoms with Gasteiger partial charge in [-0.25, -0.2) is 0 Å². The Morgan fingerprint density at radius 3 is 2.48 bits per heavy atom. The lowest BCUT2D eigenvalue weighted by Gasteiger charge is -2.08. The van der Waals surface area contributed by atoms with Crippen molar-refractivity contribution >= 4 is 40.7 Å². The normalized spacial score (nSPS) is 18.5. The van der Waals surface area contributed by atoms with Gasteiger partial charge in [-0.15, -0.1) is 0 Å². The van der Waals surface area contributed by atoms with Gasteiger partial charge in [-0.05, 0) is 36.6 Å². The van der Waals surface area contributed by atoms with Crippen LogP contribution in [0.25, 0.3) is 0 Å². The molecule has 2 aromatic carbocycles. The summed E-state index contributed by atoms with van der Waals surface area (Å²) in [5, 5.41) is 6.55. The van der Waals surface area contributed by atoms with Crippen LogP contribution in [0.2, 0.25) is 10.0 Å². The fourth-order valence-electron chi connectivity index (χ4n) is 2.70. The number of carbonyl (C=O) groups excluding carboxylic acids is 2. The third kappa shape index (κ3) is 4.74. The molecule has 2 atom stereocenters. The van der Waals surface area contributed by atoms with Gasteiger partial charge in [0.1, 0.15) is 0 Å². The van der Waals surface area contributed by atoms with Crippen LogP contribution in [0.5, 0.6) is 0 Å². The Hall–Kier alpha value is -2.04. The second kappa shape index (κ2) is 7.89. The van der Waals surface area contributed by atoms with E-state index in [1.165, 1.54) is 5.56 Å². The largest absolute Gasteiger partial charge is 0.356 e. The molecule has 0 aliphatic heterocycles. The second-order valence-electron chi connectivity index (χ2n) is 6.09. The molecule has 130 valence electrons. The standard InChI is InChI=1S/C19H18Cl2N2O2/c20-13-6-7-16(21)17(10-13)23-19(25)15-11-14(15)18(24)22-9-8-12-4-2-1-3-5-12/h1-7,10,14-15H,8-9,11H2,(H,22,24)(H,23,25). The molecule has 6 heteroatoms. The van der Waals surface area contributed by atoms with Crippen molar-refractivity contribution in [1.82, 2.24) is 5.32 Å². The van der Waals surface area contributed by atoms with Gasteiger partial charge in [0.25, 0.3) is 0 Å². The molecule has 2 aromatic rings. The van der Waals surface area contributed by atoms with E-state index in [1.807, 2.05) is 30.3 Å². The van der Waals surface area contributed by atoms with Gasteiger partial charge >= 0.3 is 0 Å². The maximum atomic E-state index is 12.3. The second-order valence-corrected chi connectivity index (χ2v) is 6.93. The van der Waals surface area contributed by atoms with Crippen molar-refractivity contribution in [3.63, 3.8) is 0 Å². The number of amides is 2. The summed E-state index contributed by atoms with van der Waals surface area (Å²) in [6, 6.07) is 14.8. The van der Waals surface area contributed by atoms with E-state index >= 15 is 0 Å². The maximum absolute atomic E-state index is 12.3. The molecule has 4 nitrogen and oxygen atoms in total. The van der Waals surface area contributed by atoms with Crippen molar-refractivity contribution in [2.45, 2.75) is 12.8 Å². The van der Waals surface area contributed by atoms with E-state index in [0.717, 1.165) is 6.42 Å². The maximum Gasteiger partial charge on any atom is 0.228 e. The first kappa shape index (κ1) is 17.8. The van der Waals surface area contributed by atoms with Crippen molar-refractivity contribution in [1.29, 1.82) is 0 Å². The van der Waals surface area contributed by atoms with Crippen LogP contribution in [0.1, 0.15) is 12.0 Å². The summed E-state index contributed by atoms with van der Waals surface area (Å²) in [6.45, 7) is 0.563. The van der Waals surface area contributed by atoms with E-state index in [-0.39, 0.29) is 23.7 Å². The number of hydrogen-bond donors (Lipinski definition) is 2. The van der Waals surface area contributed by atoms with Crippen molar-refractivity contribution in [2.75, 3.05) is 11.9 Å². The number of halogens is 2. The minimum Gasteiger partial charge on any atom is -0.356 e. The Balaban J connectivity index is 1.46. The van der Waals surface area contributed by atoms with Crippen LogP contribution in [-0.2, 0) is 16.0 Å². The van der Waals surface area contributed by atoms with Gasteiger partial charge in [0.2, 0.25) is 11.8 Å². The number of nitrogens with one attached hydrogen (secondary N) is 2. The zero-order valence-electron chi connectivity index (χ0n) is 13.5. The highest BCUT2D eigenvalue weighted by atomic mass is 35.5. The summed E-state index contributed by atoms with van der Waals surface area (Å²) in [5.74, 6) is -0.860. The van der Waals surface area contributed by atoms with E-state index in [2.05, 4.69) is 10.6 Å². The highest BCUT2D eigenvalue weighted by molar-refractivity contribution is 6.35. The Labute approximate surface area is 156 Å². The first-order chi connectivity index (χ1) is 12.0. The van der Waals surface area contributed by atoms with E-state index in [0.29, 0.717) is 28.7 Å². The van der Waals surface area contributed by atoms with Crippen molar-refractivity contribution in [2.24, 2.45) is 11.8 Å². The van der Waals surface area contributed by atoms with Crippen LogP contribution in [0, 0.1) is 11.8 Å². The molecule has 1 aliphatic carbocycles. The zero-order chi connectivity index (χ0) is 17.8. The lowest BCUT2D eigenvalue weighted by atomic mass is 10.1. The zero-order valence-corrected chi connectivity index (χ0v) is 15.0. The molecule has 0 bridgehead atoms. The van der Waals surface area contributed by atoms with Gasteiger partial charge in [-0.2, -0.15) is 0 Å². The lowest BCUT2D eigenvalue weighted by molar-refractivity contribution is -0.125. The fraction of sp³-hybridized carbons (Fsp3) is 0.263. The summed E-state index contributed by atoms with van der Waals surface area (Å²) < 4.78 is 0. The smallest absolute Gasteiger partial charge is 0.228 e. The molecule has 0 aromatic heterocycles. The van der Waals surface area contributed by atoms with Crippen molar-refractivity contribution in [3.05, 3.63) is 64.1 Å². The number of carbonyl (C=O) groups is 2. The van der Waals surface area contributed by atoms with Crippen LogP contribution in [-0.4, -0.2) is 18.4 Å². The van der Waals surface area contributed by atoms with Crippen LogP contribution >= 0.6 is 23.2 Å².